The number of fused-ring (bicyclic) bond motifs is 1. The van der Waals surface area contributed by atoms with Crippen molar-refractivity contribution in [2.45, 2.75) is 31.6 Å². The third-order valence-electron chi connectivity index (χ3n) is 4.05. The van der Waals surface area contributed by atoms with E-state index in [1.54, 1.807) is 12.1 Å². The van der Waals surface area contributed by atoms with Crippen molar-refractivity contribution in [1.29, 1.82) is 0 Å². The lowest BCUT2D eigenvalue weighted by atomic mass is 10.0. The molecule has 1 aliphatic heterocycles. The lowest BCUT2D eigenvalue weighted by molar-refractivity contribution is -0.895. The summed E-state index contributed by atoms with van der Waals surface area (Å²) >= 11 is 0. The Morgan fingerprint density at radius 2 is 1.95 bits per heavy atom. The zero-order valence-corrected chi connectivity index (χ0v) is 13.9. The standard InChI is InChI=1S/C15H23N3O3S/c1-3-18(4-2)10-9-16-22(20,21)13-6-7-14-12(11-13)5-8-15(19)17-14/h6-7,11,16H,3-5,8-10H2,1-2H3,(H,17,19)/p+1. The van der Waals surface area contributed by atoms with Crippen LogP contribution in [-0.4, -0.2) is 40.5 Å². The number of carbonyl (C=O) groups is 1. The summed E-state index contributed by atoms with van der Waals surface area (Å²) in [5.74, 6) is -0.0246. The van der Waals surface area contributed by atoms with Crippen LogP contribution in [0.25, 0.3) is 0 Å². The van der Waals surface area contributed by atoms with Gasteiger partial charge in [-0.15, -0.1) is 0 Å². The van der Waals surface area contributed by atoms with Gasteiger partial charge in [-0.3, -0.25) is 4.79 Å². The molecule has 0 saturated carbocycles. The number of likely N-dealkylation sites (N-methyl/N-ethyl adjacent to an activating group) is 1. The minimum Gasteiger partial charge on any atom is -0.334 e. The molecular formula is C15H24N3O3S+. The second-order valence-corrected chi connectivity index (χ2v) is 7.24. The average molecular weight is 326 g/mol. The molecule has 0 saturated heterocycles. The topological polar surface area (TPSA) is 79.7 Å². The van der Waals surface area contributed by atoms with Gasteiger partial charge < -0.3 is 10.2 Å². The molecule has 0 atom stereocenters. The Balaban J connectivity index is 2.05. The molecule has 0 bridgehead atoms. The van der Waals surface area contributed by atoms with Crippen LogP contribution >= 0.6 is 0 Å². The molecule has 3 N–H and O–H groups in total. The van der Waals surface area contributed by atoms with Crippen LogP contribution < -0.4 is 14.9 Å². The van der Waals surface area contributed by atoms with E-state index in [2.05, 4.69) is 23.9 Å². The maximum absolute atomic E-state index is 12.3. The van der Waals surface area contributed by atoms with Crippen molar-refractivity contribution < 1.29 is 18.1 Å². The molecule has 6 nitrogen and oxygen atoms in total. The Hall–Kier alpha value is -1.44. The Kier molecular flexibility index (Phi) is 5.55. The fraction of sp³-hybridized carbons (Fsp3) is 0.533. The molecule has 1 heterocycles. The first-order valence-corrected chi connectivity index (χ1v) is 9.20. The minimum atomic E-state index is -3.50. The van der Waals surface area contributed by atoms with Crippen molar-refractivity contribution in [1.82, 2.24) is 4.72 Å². The van der Waals surface area contributed by atoms with Gasteiger partial charge in [-0.05, 0) is 44.0 Å². The van der Waals surface area contributed by atoms with Gasteiger partial charge in [0.2, 0.25) is 15.9 Å². The van der Waals surface area contributed by atoms with E-state index < -0.39 is 10.0 Å². The summed E-state index contributed by atoms with van der Waals surface area (Å²) in [4.78, 5) is 12.9. The van der Waals surface area contributed by atoms with Gasteiger partial charge in [0.1, 0.15) is 0 Å². The molecule has 1 aliphatic rings. The Morgan fingerprint density at radius 1 is 1.23 bits per heavy atom. The molecule has 1 amide bonds. The summed E-state index contributed by atoms with van der Waals surface area (Å²) < 4.78 is 27.3. The lowest BCUT2D eigenvalue weighted by Crippen LogP contribution is -3.12. The highest BCUT2D eigenvalue weighted by molar-refractivity contribution is 7.89. The highest BCUT2D eigenvalue weighted by Crippen LogP contribution is 2.25. The Morgan fingerprint density at radius 3 is 2.64 bits per heavy atom. The highest BCUT2D eigenvalue weighted by Gasteiger charge is 2.20. The predicted octanol–water partition coefficient (Wildman–Crippen LogP) is -0.226. The molecule has 0 aliphatic carbocycles. The largest absolute Gasteiger partial charge is 0.334 e. The molecule has 0 aromatic heterocycles. The summed E-state index contributed by atoms with van der Waals surface area (Å²) in [5.41, 5.74) is 1.58. The van der Waals surface area contributed by atoms with E-state index in [4.69, 9.17) is 0 Å². The van der Waals surface area contributed by atoms with Crippen molar-refractivity contribution in [3.63, 3.8) is 0 Å². The van der Waals surface area contributed by atoms with Gasteiger partial charge in [0.25, 0.3) is 0 Å². The first-order valence-electron chi connectivity index (χ1n) is 7.72. The fourth-order valence-electron chi connectivity index (χ4n) is 2.58. The number of benzene rings is 1. The molecule has 2 rings (SSSR count). The van der Waals surface area contributed by atoms with Crippen molar-refractivity contribution in [3.05, 3.63) is 23.8 Å². The van der Waals surface area contributed by atoms with Crippen LogP contribution in [0, 0.1) is 0 Å². The quantitative estimate of drug-likeness (QED) is 0.648. The summed E-state index contributed by atoms with van der Waals surface area (Å²) in [6.45, 7) is 7.34. The van der Waals surface area contributed by atoms with Gasteiger partial charge in [-0.25, -0.2) is 13.1 Å². The first kappa shape index (κ1) is 16.9. The van der Waals surface area contributed by atoms with E-state index in [0.717, 1.165) is 25.2 Å². The molecule has 122 valence electrons. The SMILES string of the molecule is CC[NH+](CC)CCNS(=O)(=O)c1ccc2c(c1)CCC(=O)N2. The second kappa shape index (κ2) is 7.21. The number of rotatable bonds is 7. The minimum absolute atomic E-state index is 0.0246. The molecule has 22 heavy (non-hydrogen) atoms. The van der Waals surface area contributed by atoms with E-state index in [1.807, 2.05) is 0 Å². The van der Waals surface area contributed by atoms with Crippen LogP contribution in [-0.2, 0) is 21.2 Å². The number of sulfonamides is 1. The molecule has 7 heteroatoms. The Labute approximate surface area is 131 Å². The summed E-state index contributed by atoms with van der Waals surface area (Å²) in [7, 11) is -3.50. The maximum Gasteiger partial charge on any atom is 0.240 e. The molecular weight excluding hydrogens is 302 g/mol. The number of aryl methyl sites for hydroxylation is 1. The van der Waals surface area contributed by atoms with E-state index in [-0.39, 0.29) is 10.8 Å². The number of anilines is 1. The number of hydrogen-bond acceptors (Lipinski definition) is 3. The highest BCUT2D eigenvalue weighted by atomic mass is 32.2. The number of hydrogen-bond donors (Lipinski definition) is 3. The molecule has 1 aromatic rings. The fourth-order valence-corrected chi connectivity index (χ4v) is 3.66. The van der Waals surface area contributed by atoms with Crippen LogP contribution in [0.5, 0.6) is 0 Å². The summed E-state index contributed by atoms with van der Waals surface area (Å²) in [5, 5.41) is 2.75. The zero-order chi connectivity index (χ0) is 16.2. The Bertz CT molecular complexity index is 639. The van der Waals surface area contributed by atoms with Crippen molar-refractivity contribution >= 4 is 21.6 Å². The van der Waals surface area contributed by atoms with Crippen LogP contribution in [0.3, 0.4) is 0 Å². The first-order chi connectivity index (χ1) is 10.5. The van der Waals surface area contributed by atoms with Crippen LogP contribution in [0.2, 0.25) is 0 Å². The third kappa shape index (κ3) is 4.06. The number of amides is 1. The van der Waals surface area contributed by atoms with E-state index >= 15 is 0 Å². The van der Waals surface area contributed by atoms with Gasteiger partial charge in [0, 0.05) is 12.1 Å². The number of quaternary nitrogens is 1. The van der Waals surface area contributed by atoms with E-state index in [9.17, 15) is 13.2 Å². The molecule has 0 fully saturated rings. The molecule has 0 spiro atoms. The maximum atomic E-state index is 12.3. The van der Waals surface area contributed by atoms with Gasteiger partial charge in [0.15, 0.2) is 0 Å². The lowest BCUT2D eigenvalue weighted by Gasteiger charge is -2.18. The molecule has 0 unspecified atom stereocenters. The summed E-state index contributed by atoms with van der Waals surface area (Å²) in [6, 6.07) is 4.86. The number of nitrogens with one attached hydrogen (secondary N) is 3. The normalized spacial score (nSPS) is 14.8. The van der Waals surface area contributed by atoms with Crippen molar-refractivity contribution in [3.8, 4) is 0 Å². The summed E-state index contributed by atoms with van der Waals surface area (Å²) in [6.07, 6.45) is 0.976. The monoisotopic (exact) mass is 326 g/mol. The molecule has 0 radical (unpaired) electrons. The average Bonchev–Trinajstić information content (AvgIpc) is 2.51. The number of carbonyl (C=O) groups excluding carboxylic acids is 1. The van der Waals surface area contributed by atoms with Crippen LogP contribution in [0.15, 0.2) is 23.1 Å². The van der Waals surface area contributed by atoms with E-state index in [0.29, 0.717) is 25.1 Å². The predicted molar refractivity (Wildman–Crippen MR) is 85.5 cm³/mol. The van der Waals surface area contributed by atoms with Gasteiger partial charge in [-0.2, -0.15) is 0 Å². The third-order valence-corrected chi connectivity index (χ3v) is 5.51. The van der Waals surface area contributed by atoms with Gasteiger partial charge >= 0.3 is 0 Å². The van der Waals surface area contributed by atoms with Crippen molar-refractivity contribution in [2.24, 2.45) is 0 Å². The second-order valence-electron chi connectivity index (χ2n) is 5.47. The van der Waals surface area contributed by atoms with Crippen molar-refractivity contribution in [2.75, 3.05) is 31.5 Å². The van der Waals surface area contributed by atoms with Crippen LogP contribution in [0.1, 0.15) is 25.8 Å². The smallest absolute Gasteiger partial charge is 0.240 e. The van der Waals surface area contributed by atoms with Gasteiger partial charge in [0.05, 0.1) is 31.1 Å². The van der Waals surface area contributed by atoms with Gasteiger partial charge in [-0.1, -0.05) is 0 Å². The molecule has 1 aromatic carbocycles. The van der Waals surface area contributed by atoms with Crippen LogP contribution in [0.4, 0.5) is 5.69 Å². The zero-order valence-electron chi connectivity index (χ0n) is 13.1. The van der Waals surface area contributed by atoms with E-state index in [1.165, 1.54) is 11.0 Å².